The maximum atomic E-state index is 13.7. The van der Waals surface area contributed by atoms with E-state index in [0.717, 1.165) is 28.6 Å². The highest BCUT2D eigenvalue weighted by Gasteiger charge is 2.28. The third kappa shape index (κ3) is 3.71. The highest BCUT2D eigenvalue weighted by atomic mass is 32.1. The molecule has 0 fully saturated rings. The summed E-state index contributed by atoms with van der Waals surface area (Å²) in [6.45, 7) is 0. The van der Waals surface area contributed by atoms with E-state index in [2.05, 4.69) is 5.32 Å². The van der Waals surface area contributed by atoms with Crippen LogP contribution >= 0.6 is 11.3 Å². The number of fused-ring (bicyclic) bond motifs is 1. The van der Waals surface area contributed by atoms with E-state index in [0.29, 0.717) is 24.1 Å². The van der Waals surface area contributed by atoms with Crippen molar-refractivity contribution in [2.75, 3.05) is 19.4 Å². The van der Waals surface area contributed by atoms with Gasteiger partial charge in [0.2, 0.25) is 5.91 Å². The van der Waals surface area contributed by atoms with Gasteiger partial charge in [0.1, 0.15) is 11.6 Å². The van der Waals surface area contributed by atoms with E-state index >= 15 is 0 Å². The molecule has 1 N–H and O–H groups in total. The van der Waals surface area contributed by atoms with Crippen LogP contribution in [0.2, 0.25) is 0 Å². The number of hydrogen-bond donors (Lipinski definition) is 1. The van der Waals surface area contributed by atoms with Crippen molar-refractivity contribution in [1.29, 1.82) is 0 Å². The molecule has 3 rings (SSSR count). The minimum Gasteiger partial charge on any atom is -0.344 e. The van der Waals surface area contributed by atoms with Crippen molar-refractivity contribution in [3.8, 4) is 0 Å². The molecular weight excluding hydrogens is 346 g/mol. The van der Waals surface area contributed by atoms with Crippen LogP contribution in [0.3, 0.4) is 0 Å². The summed E-state index contributed by atoms with van der Waals surface area (Å²) in [6.07, 6.45) is 1.81. The van der Waals surface area contributed by atoms with Crippen molar-refractivity contribution in [3.05, 3.63) is 51.2 Å². The number of carbonyl (C=O) groups is 2. The van der Waals surface area contributed by atoms with Crippen molar-refractivity contribution in [3.63, 3.8) is 0 Å². The number of amides is 2. The molecule has 0 radical (unpaired) electrons. The maximum Gasteiger partial charge on any atom is 0.263 e. The number of carbonyl (C=O) groups excluding carboxylic acids is 2. The molecule has 0 spiro atoms. The third-order valence-corrected chi connectivity index (χ3v) is 5.48. The van der Waals surface area contributed by atoms with Gasteiger partial charge in [-0.15, -0.1) is 11.3 Å². The van der Waals surface area contributed by atoms with Gasteiger partial charge >= 0.3 is 0 Å². The third-order valence-electron chi connectivity index (χ3n) is 4.26. The molecule has 25 heavy (non-hydrogen) atoms. The maximum absolute atomic E-state index is 13.7. The number of anilines is 1. The number of hydrogen-bond acceptors (Lipinski definition) is 3. The molecule has 1 aliphatic carbocycles. The Kier molecular flexibility index (Phi) is 4.85. The topological polar surface area (TPSA) is 49.4 Å². The van der Waals surface area contributed by atoms with Crippen LogP contribution in [0.15, 0.2) is 24.3 Å². The second-order valence-electron chi connectivity index (χ2n) is 6.31. The van der Waals surface area contributed by atoms with Gasteiger partial charge in [0.25, 0.3) is 5.91 Å². The van der Waals surface area contributed by atoms with Crippen LogP contribution in [0.4, 0.5) is 14.5 Å². The standard InChI is InChI=1S/C18H18F2N2O2S/c1-22(2)18(24)16-8-11-7-10(3-6-15(11)25-16)17(23)21-14-9-12(19)4-5-13(14)20/h4-5,8-10H,3,6-7H2,1-2H3,(H,21,23)/t10-/m1/s1. The van der Waals surface area contributed by atoms with E-state index in [1.807, 2.05) is 6.07 Å². The van der Waals surface area contributed by atoms with Crippen LogP contribution in [0, 0.1) is 17.6 Å². The smallest absolute Gasteiger partial charge is 0.263 e. The molecule has 1 aromatic heterocycles. The summed E-state index contributed by atoms with van der Waals surface area (Å²) >= 11 is 1.46. The fraction of sp³-hybridized carbons (Fsp3) is 0.333. The molecule has 2 aromatic rings. The van der Waals surface area contributed by atoms with Crippen LogP contribution in [-0.4, -0.2) is 30.8 Å². The molecule has 1 aliphatic rings. The fourth-order valence-corrected chi connectivity index (χ4v) is 4.13. The summed E-state index contributed by atoms with van der Waals surface area (Å²) < 4.78 is 26.9. The average Bonchev–Trinajstić information content (AvgIpc) is 3.00. The molecule has 2 amide bonds. The van der Waals surface area contributed by atoms with Crippen molar-refractivity contribution in [1.82, 2.24) is 4.90 Å². The number of halogens is 2. The molecule has 0 aliphatic heterocycles. The Morgan fingerprint density at radius 1 is 1.24 bits per heavy atom. The number of nitrogens with one attached hydrogen (secondary N) is 1. The Labute approximate surface area is 148 Å². The number of nitrogens with zero attached hydrogens (tertiary/aromatic N) is 1. The lowest BCUT2D eigenvalue weighted by atomic mass is 9.87. The van der Waals surface area contributed by atoms with E-state index < -0.39 is 11.6 Å². The Morgan fingerprint density at radius 2 is 2.00 bits per heavy atom. The summed E-state index contributed by atoms with van der Waals surface area (Å²) in [5, 5.41) is 2.47. The minimum absolute atomic E-state index is 0.0535. The van der Waals surface area contributed by atoms with Gasteiger partial charge < -0.3 is 10.2 Å². The summed E-state index contributed by atoms with van der Waals surface area (Å²) in [4.78, 5) is 27.8. The highest BCUT2D eigenvalue weighted by Crippen LogP contribution is 2.33. The predicted molar refractivity (Wildman–Crippen MR) is 92.8 cm³/mol. The first-order valence-electron chi connectivity index (χ1n) is 7.94. The van der Waals surface area contributed by atoms with Gasteiger partial charge in [0.15, 0.2) is 0 Å². The zero-order valence-corrected chi connectivity index (χ0v) is 14.8. The summed E-state index contributed by atoms with van der Waals surface area (Å²) in [6, 6.07) is 4.80. The Morgan fingerprint density at radius 3 is 2.72 bits per heavy atom. The van der Waals surface area contributed by atoms with Gasteiger partial charge in [0.05, 0.1) is 10.6 Å². The summed E-state index contributed by atoms with van der Waals surface area (Å²) in [7, 11) is 3.40. The lowest BCUT2D eigenvalue weighted by molar-refractivity contribution is -0.120. The van der Waals surface area contributed by atoms with Crippen molar-refractivity contribution in [2.45, 2.75) is 19.3 Å². The van der Waals surface area contributed by atoms with E-state index in [4.69, 9.17) is 0 Å². The fourth-order valence-electron chi connectivity index (χ4n) is 2.90. The lowest BCUT2D eigenvalue weighted by Gasteiger charge is -2.21. The molecule has 0 saturated heterocycles. The molecule has 1 heterocycles. The Bertz CT molecular complexity index is 832. The monoisotopic (exact) mass is 364 g/mol. The second-order valence-corrected chi connectivity index (χ2v) is 7.45. The van der Waals surface area contributed by atoms with E-state index in [1.165, 1.54) is 16.2 Å². The van der Waals surface area contributed by atoms with Crippen molar-refractivity contribution in [2.24, 2.45) is 5.92 Å². The predicted octanol–water partition coefficient (Wildman–Crippen LogP) is 3.47. The number of benzene rings is 1. The molecule has 1 aromatic carbocycles. The van der Waals surface area contributed by atoms with E-state index in [-0.39, 0.29) is 23.4 Å². The molecule has 132 valence electrons. The SMILES string of the molecule is CN(C)C(=O)c1cc2c(s1)CC[C@@H](C(=O)Nc1cc(F)ccc1F)C2. The van der Waals surface area contributed by atoms with Gasteiger partial charge in [-0.25, -0.2) is 8.78 Å². The van der Waals surface area contributed by atoms with Crippen LogP contribution in [0.5, 0.6) is 0 Å². The van der Waals surface area contributed by atoms with Gasteiger partial charge in [-0.05, 0) is 43.0 Å². The number of aryl methyl sites for hydroxylation is 1. The zero-order valence-electron chi connectivity index (χ0n) is 13.9. The number of rotatable bonds is 3. The molecule has 0 bridgehead atoms. The Hall–Kier alpha value is -2.28. The summed E-state index contributed by atoms with van der Waals surface area (Å²) in [5.41, 5.74) is 0.839. The van der Waals surface area contributed by atoms with Gasteiger partial charge in [-0.3, -0.25) is 9.59 Å². The van der Waals surface area contributed by atoms with Crippen LogP contribution < -0.4 is 5.32 Å². The van der Waals surface area contributed by atoms with Gasteiger partial charge in [-0.1, -0.05) is 0 Å². The molecule has 0 saturated carbocycles. The minimum atomic E-state index is -0.666. The quantitative estimate of drug-likeness (QED) is 0.907. The second kappa shape index (κ2) is 6.92. The van der Waals surface area contributed by atoms with Gasteiger partial charge in [-0.2, -0.15) is 0 Å². The van der Waals surface area contributed by atoms with Crippen molar-refractivity contribution < 1.29 is 18.4 Å². The molecule has 4 nitrogen and oxygen atoms in total. The first kappa shape index (κ1) is 17.5. The first-order valence-corrected chi connectivity index (χ1v) is 8.76. The van der Waals surface area contributed by atoms with E-state index in [1.54, 1.807) is 14.1 Å². The lowest BCUT2D eigenvalue weighted by Crippen LogP contribution is -2.28. The van der Waals surface area contributed by atoms with Crippen LogP contribution in [0.1, 0.15) is 26.5 Å². The van der Waals surface area contributed by atoms with E-state index in [9.17, 15) is 18.4 Å². The molecule has 0 unspecified atom stereocenters. The number of thiophene rings is 1. The zero-order chi connectivity index (χ0) is 18.1. The highest BCUT2D eigenvalue weighted by molar-refractivity contribution is 7.14. The van der Waals surface area contributed by atoms with Crippen molar-refractivity contribution >= 4 is 28.8 Å². The molecular formula is C18H18F2N2O2S. The first-order chi connectivity index (χ1) is 11.8. The molecule has 7 heteroatoms. The van der Waals surface area contributed by atoms with Gasteiger partial charge in [0, 0.05) is 31.0 Å². The molecule has 1 atom stereocenters. The Balaban J connectivity index is 1.73. The van der Waals surface area contributed by atoms with Crippen LogP contribution in [-0.2, 0) is 17.6 Å². The van der Waals surface area contributed by atoms with Crippen LogP contribution in [0.25, 0.3) is 0 Å². The average molecular weight is 364 g/mol. The normalized spacial score (nSPS) is 16.2. The summed E-state index contributed by atoms with van der Waals surface area (Å²) in [5.74, 6) is -1.98. The largest absolute Gasteiger partial charge is 0.344 e.